The first-order valence-corrected chi connectivity index (χ1v) is 8.68. The largest absolute Gasteiger partial charge is 0.355 e. The Morgan fingerprint density at radius 3 is 2.67 bits per heavy atom. The number of anilines is 3. The van der Waals surface area contributed by atoms with E-state index < -0.39 is 5.41 Å². The van der Waals surface area contributed by atoms with Gasteiger partial charge in [-0.2, -0.15) is 10.2 Å². The van der Waals surface area contributed by atoms with E-state index in [2.05, 4.69) is 26.7 Å². The fourth-order valence-electron chi connectivity index (χ4n) is 3.04. The smallest absolute Gasteiger partial charge is 0.251 e. The summed E-state index contributed by atoms with van der Waals surface area (Å²) in [5.41, 5.74) is 0.300. The van der Waals surface area contributed by atoms with Crippen LogP contribution in [0.4, 0.5) is 17.5 Å². The standard InChI is InChI=1S/C19H20N6O2/c1-3-19(12-20)9-11-25(17(19)27)15-8-10-22-18(24-15)23-14-6-4-13(5-7-14)16(26)21-2/h4-8,10H,3,9,11H2,1-2H3,(H,21,26)(H,22,23,24)/t19-/m1/s1. The number of hydrogen-bond acceptors (Lipinski definition) is 6. The average Bonchev–Trinajstić information content (AvgIpc) is 3.05. The number of carbonyl (C=O) groups excluding carboxylic acids is 2. The lowest BCUT2D eigenvalue weighted by Gasteiger charge is -2.19. The van der Waals surface area contributed by atoms with Crippen molar-refractivity contribution in [2.75, 3.05) is 23.8 Å². The van der Waals surface area contributed by atoms with Crippen molar-refractivity contribution in [3.05, 3.63) is 42.1 Å². The second-order valence-electron chi connectivity index (χ2n) is 6.27. The van der Waals surface area contributed by atoms with E-state index in [9.17, 15) is 14.9 Å². The summed E-state index contributed by atoms with van der Waals surface area (Å²) in [5.74, 6) is 0.417. The number of carbonyl (C=O) groups is 2. The fraction of sp³-hybridized carbons (Fsp3) is 0.316. The maximum Gasteiger partial charge on any atom is 0.251 e. The van der Waals surface area contributed by atoms with Crippen LogP contribution < -0.4 is 15.5 Å². The summed E-state index contributed by atoms with van der Waals surface area (Å²) in [6.07, 6.45) is 2.54. The second kappa shape index (κ2) is 7.41. The lowest BCUT2D eigenvalue weighted by Crippen LogP contribution is -2.33. The van der Waals surface area contributed by atoms with Crippen molar-refractivity contribution in [1.29, 1.82) is 5.26 Å². The van der Waals surface area contributed by atoms with Crippen molar-refractivity contribution < 1.29 is 9.59 Å². The van der Waals surface area contributed by atoms with E-state index in [1.165, 1.54) is 4.90 Å². The van der Waals surface area contributed by atoms with E-state index in [1.54, 1.807) is 43.6 Å². The molecule has 0 spiro atoms. The molecule has 2 aromatic rings. The van der Waals surface area contributed by atoms with Crippen LogP contribution in [0.25, 0.3) is 0 Å². The van der Waals surface area contributed by atoms with E-state index in [4.69, 9.17) is 0 Å². The summed E-state index contributed by atoms with van der Waals surface area (Å²) in [4.78, 5) is 34.4. The third kappa shape index (κ3) is 3.44. The molecule has 1 fully saturated rings. The third-order valence-corrected chi connectivity index (χ3v) is 4.78. The Morgan fingerprint density at radius 1 is 1.33 bits per heavy atom. The molecule has 27 heavy (non-hydrogen) atoms. The summed E-state index contributed by atoms with van der Waals surface area (Å²) in [5, 5.41) is 15.0. The third-order valence-electron chi connectivity index (χ3n) is 4.78. The van der Waals surface area contributed by atoms with E-state index in [0.717, 1.165) is 0 Å². The Hall–Kier alpha value is -3.47. The van der Waals surface area contributed by atoms with Crippen LogP contribution in [0.2, 0.25) is 0 Å². The van der Waals surface area contributed by atoms with Crippen LogP contribution in [0, 0.1) is 16.7 Å². The van der Waals surface area contributed by atoms with Crippen molar-refractivity contribution in [2.45, 2.75) is 19.8 Å². The SMILES string of the molecule is CC[C@]1(C#N)CCN(c2ccnc(Nc3ccc(C(=O)NC)cc3)n2)C1=O. The van der Waals surface area contributed by atoms with Crippen LogP contribution in [0.5, 0.6) is 0 Å². The van der Waals surface area contributed by atoms with Gasteiger partial charge < -0.3 is 10.6 Å². The molecule has 0 aliphatic carbocycles. The molecular formula is C19H20N6O2. The number of nitrogens with one attached hydrogen (secondary N) is 2. The van der Waals surface area contributed by atoms with Crippen molar-refractivity contribution in [3.8, 4) is 6.07 Å². The normalized spacial score (nSPS) is 18.9. The maximum absolute atomic E-state index is 12.7. The second-order valence-corrected chi connectivity index (χ2v) is 6.27. The van der Waals surface area contributed by atoms with Gasteiger partial charge in [0.25, 0.3) is 5.91 Å². The molecule has 1 saturated heterocycles. The van der Waals surface area contributed by atoms with E-state index in [0.29, 0.717) is 42.4 Å². The number of rotatable bonds is 5. The number of benzene rings is 1. The van der Waals surface area contributed by atoms with E-state index >= 15 is 0 Å². The zero-order valence-corrected chi connectivity index (χ0v) is 15.2. The molecule has 138 valence electrons. The minimum atomic E-state index is -0.964. The Morgan fingerprint density at radius 2 is 2.07 bits per heavy atom. The van der Waals surface area contributed by atoms with Gasteiger partial charge in [0.15, 0.2) is 0 Å². The van der Waals surface area contributed by atoms with Crippen LogP contribution in [0.15, 0.2) is 36.5 Å². The molecule has 0 saturated carbocycles. The van der Waals surface area contributed by atoms with Crippen molar-refractivity contribution in [3.63, 3.8) is 0 Å². The minimum Gasteiger partial charge on any atom is -0.355 e. The van der Waals surface area contributed by atoms with E-state index in [-0.39, 0.29) is 11.8 Å². The Kier molecular flexibility index (Phi) is 5.03. The van der Waals surface area contributed by atoms with Crippen LogP contribution in [0.3, 0.4) is 0 Å². The van der Waals surface area contributed by atoms with Crippen molar-refractivity contribution in [2.24, 2.45) is 5.41 Å². The van der Waals surface area contributed by atoms with Gasteiger partial charge in [0, 0.05) is 31.0 Å². The van der Waals surface area contributed by atoms with Gasteiger partial charge in [-0.15, -0.1) is 0 Å². The summed E-state index contributed by atoms with van der Waals surface area (Å²) in [6.45, 7) is 2.30. The molecule has 3 rings (SSSR count). The van der Waals surface area contributed by atoms with Crippen LogP contribution in [-0.4, -0.2) is 35.4 Å². The summed E-state index contributed by atoms with van der Waals surface area (Å²) >= 11 is 0. The predicted octanol–water partition coefficient (Wildman–Crippen LogP) is 2.24. The van der Waals surface area contributed by atoms with Gasteiger partial charge >= 0.3 is 0 Å². The highest BCUT2D eigenvalue weighted by Gasteiger charge is 2.46. The molecule has 0 unspecified atom stereocenters. The first kappa shape index (κ1) is 18.3. The van der Waals surface area contributed by atoms with Gasteiger partial charge in [0.2, 0.25) is 11.9 Å². The number of hydrogen-bond donors (Lipinski definition) is 2. The zero-order valence-electron chi connectivity index (χ0n) is 15.2. The molecule has 8 heteroatoms. The molecule has 1 aromatic carbocycles. The molecule has 1 atom stereocenters. The van der Waals surface area contributed by atoms with Crippen LogP contribution >= 0.6 is 0 Å². The van der Waals surface area contributed by atoms with E-state index in [1.807, 2.05) is 6.92 Å². The highest BCUT2D eigenvalue weighted by molar-refractivity contribution is 6.01. The topological polar surface area (TPSA) is 111 Å². The lowest BCUT2D eigenvalue weighted by atomic mass is 9.85. The average molecular weight is 364 g/mol. The highest BCUT2D eigenvalue weighted by Crippen LogP contribution is 2.36. The molecule has 2 heterocycles. The summed E-state index contributed by atoms with van der Waals surface area (Å²) in [7, 11) is 1.58. The molecule has 2 N–H and O–H groups in total. The quantitative estimate of drug-likeness (QED) is 0.842. The van der Waals surface area contributed by atoms with Gasteiger partial charge in [-0.3, -0.25) is 14.5 Å². The maximum atomic E-state index is 12.7. The number of amides is 2. The molecule has 1 aliphatic rings. The van der Waals surface area contributed by atoms with Gasteiger partial charge in [-0.1, -0.05) is 6.92 Å². The Bertz CT molecular complexity index is 905. The number of aromatic nitrogens is 2. The van der Waals surface area contributed by atoms with Crippen molar-refractivity contribution >= 4 is 29.3 Å². The first-order chi connectivity index (χ1) is 13.0. The van der Waals surface area contributed by atoms with Crippen LogP contribution in [-0.2, 0) is 4.79 Å². The molecule has 0 radical (unpaired) electrons. The molecule has 0 bridgehead atoms. The predicted molar refractivity (Wildman–Crippen MR) is 100 cm³/mol. The van der Waals surface area contributed by atoms with Crippen LogP contribution in [0.1, 0.15) is 30.1 Å². The first-order valence-electron chi connectivity index (χ1n) is 8.68. The fourth-order valence-corrected chi connectivity index (χ4v) is 3.04. The Labute approximate surface area is 157 Å². The Balaban J connectivity index is 1.78. The van der Waals surface area contributed by atoms with Gasteiger partial charge in [0.05, 0.1) is 6.07 Å². The zero-order chi connectivity index (χ0) is 19.4. The monoisotopic (exact) mass is 364 g/mol. The molecule has 8 nitrogen and oxygen atoms in total. The number of nitrogens with zero attached hydrogens (tertiary/aromatic N) is 4. The summed E-state index contributed by atoms with van der Waals surface area (Å²) in [6, 6.07) is 10.7. The molecule has 1 aliphatic heterocycles. The minimum absolute atomic E-state index is 0.163. The molecule has 2 amide bonds. The summed E-state index contributed by atoms with van der Waals surface area (Å²) < 4.78 is 0. The van der Waals surface area contributed by atoms with Gasteiger partial charge in [0.1, 0.15) is 11.2 Å². The van der Waals surface area contributed by atoms with Gasteiger partial charge in [-0.25, -0.2) is 4.98 Å². The molecule has 1 aromatic heterocycles. The lowest BCUT2D eigenvalue weighted by molar-refractivity contribution is -0.123. The van der Waals surface area contributed by atoms with Crippen molar-refractivity contribution in [1.82, 2.24) is 15.3 Å². The molecular weight excluding hydrogens is 344 g/mol. The van der Waals surface area contributed by atoms with Gasteiger partial charge in [-0.05, 0) is 43.2 Å². The highest BCUT2D eigenvalue weighted by atomic mass is 16.2. The number of nitriles is 1.